The first-order valence-electron chi connectivity index (χ1n) is 7.03. The number of para-hydroxylation sites is 2. The van der Waals surface area contributed by atoms with Crippen molar-refractivity contribution in [2.45, 2.75) is 32.9 Å². The van der Waals surface area contributed by atoms with Crippen molar-refractivity contribution < 1.29 is 0 Å². The summed E-state index contributed by atoms with van der Waals surface area (Å²) in [7, 11) is 3.82. The normalized spacial score (nSPS) is 12.9. The van der Waals surface area contributed by atoms with E-state index in [-0.39, 0.29) is 24.0 Å². The van der Waals surface area contributed by atoms with Crippen LogP contribution >= 0.6 is 24.0 Å². The molecule has 2 aromatic rings. The van der Waals surface area contributed by atoms with Gasteiger partial charge in [-0.25, -0.2) is 4.98 Å². The first kappa shape index (κ1) is 17.7. The number of aliphatic imine (C=N–C) groups is 1. The van der Waals surface area contributed by atoms with Crippen molar-refractivity contribution in [3.05, 3.63) is 30.1 Å². The van der Waals surface area contributed by atoms with Gasteiger partial charge in [0, 0.05) is 20.1 Å². The molecule has 0 bridgehead atoms. The number of hydrogen-bond donors (Lipinski definition) is 2. The molecule has 1 atom stereocenters. The molecule has 0 aliphatic carbocycles. The van der Waals surface area contributed by atoms with E-state index in [2.05, 4.69) is 45.1 Å². The summed E-state index contributed by atoms with van der Waals surface area (Å²) in [5, 5.41) is 6.65. The third kappa shape index (κ3) is 4.33. The van der Waals surface area contributed by atoms with Crippen molar-refractivity contribution in [1.82, 2.24) is 20.2 Å². The first-order chi connectivity index (χ1) is 9.65. The lowest BCUT2D eigenvalue weighted by Crippen LogP contribution is -2.41. The average molecular weight is 401 g/mol. The third-order valence-electron chi connectivity index (χ3n) is 3.51. The van der Waals surface area contributed by atoms with Gasteiger partial charge in [-0.1, -0.05) is 19.1 Å². The number of aromatic nitrogens is 2. The molecule has 0 aliphatic rings. The predicted octanol–water partition coefficient (Wildman–Crippen LogP) is 2.65. The highest BCUT2D eigenvalue weighted by molar-refractivity contribution is 14.0. The number of rotatable bonds is 4. The number of nitrogens with one attached hydrogen (secondary N) is 2. The van der Waals surface area contributed by atoms with Crippen LogP contribution < -0.4 is 10.6 Å². The zero-order valence-electron chi connectivity index (χ0n) is 13.1. The number of benzene rings is 1. The Morgan fingerprint density at radius 1 is 1.38 bits per heavy atom. The minimum absolute atomic E-state index is 0. The zero-order valence-corrected chi connectivity index (χ0v) is 15.4. The molecule has 0 spiro atoms. The number of guanidine groups is 1. The highest BCUT2D eigenvalue weighted by atomic mass is 127. The van der Waals surface area contributed by atoms with Gasteiger partial charge in [0.2, 0.25) is 0 Å². The first-order valence-corrected chi connectivity index (χ1v) is 7.03. The molecule has 1 aromatic heterocycles. The summed E-state index contributed by atoms with van der Waals surface area (Å²) in [5.74, 6) is 1.81. The van der Waals surface area contributed by atoms with Crippen molar-refractivity contribution in [2.75, 3.05) is 7.05 Å². The lowest BCUT2D eigenvalue weighted by Gasteiger charge is -2.16. The Labute approximate surface area is 143 Å². The molecule has 2 rings (SSSR count). The molecule has 0 radical (unpaired) electrons. The maximum atomic E-state index is 4.64. The lowest BCUT2D eigenvalue weighted by atomic mass is 10.3. The van der Waals surface area contributed by atoms with Crippen LogP contribution in [0.4, 0.5) is 0 Å². The van der Waals surface area contributed by atoms with Gasteiger partial charge in [-0.3, -0.25) is 4.99 Å². The predicted molar refractivity (Wildman–Crippen MR) is 99.2 cm³/mol. The second-order valence-corrected chi connectivity index (χ2v) is 4.96. The van der Waals surface area contributed by atoms with Crippen LogP contribution in [0.3, 0.4) is 0 Å². The summed E-state index contributed by atoms with van der Waals surface area (Å²) >= 11 is 0. The number of hydrogen-bond acceptors (Lipinski definition) is 2. The summed E-state index contributed by atoms with van der Waals surface area (Å²) in [6.07, 6.45) is 1.06. The fourth-order valence-corrected chi connectivity index (χ4v) is 2.05. The van der Waals surface area contributed by atoms with E-state index in [0.717, 1.165) is 29.2 Å². The van der Waals surface area contributed by atoms with Gasteiger partial charge in [-0.15, -0.1) is 24.0 Å². The summed E-state index contributed by atoms with van der Waals surface area (Å²) in [6, 6.07) is 8.56. The molecule has 116 valence electrons. The van der Waals surface area contributed by atoms with E-state index >= 15 is 0 Å². The largest absolute Gasteiger partial charge is 0.354 e. The Balaban J connectivity index is 0.00000220. The minimum Gasteiger partial charge on any atom is -0.354 e. The van der Waals surface area contributed by atoms with E-state index in [9.17, 15) is 0 Å². The van der Waals surface area contributed by atoms with E-state index in [1.165, 1.54) is 0 Å². The molecule has 2 N–H and O–H groups in total. The Kier molecular flexibility index (Phi) is 6.94. The van der Waals surface area contributed by atoms with Gasteiger partial charge in [0.25, 0.3) is 0 Å². The average Bonchev–Trinajstić information content (AvgIpc) is 2.80. The summed E-state index contributed by atoms with van der Waals surface area (Å²) in [5.41, 5.74) is 2.17. The van der Waals surface area contributed by atoms with Crippen molar-refractivity contribution in [3.8, 4) is 0 Å². The van der Waals surface area contributed by atoms with E-state index in [1.54, 1.807) is 7.05 Å². The smallest absolute Gasteiger partial charge is 0.191 e. The highest BCUT2D eigenvalue weighted by Crippen LogP contribution is 2.13. The molecule has 1 unspecified atom stereocenters. The molecule has 6 heteroatoms. The summed E-state index contributed by atoms with van der Waals surface area (Å²) in [6.45, 7) is 4.94. The second kappa shape index (κ2) is 8.21. The number of halogens is 1. The molecule has 1 aromatic carbocycles. The van der Waals surface area contributed by atoms with Crippen LogP contribution in [0.2, 0.25) is 0 Å². The van der Waals surface area contributed by atoms with Crippen molar-refractivity contribution in [3.63, 3.8) is 0 Å². The van der Waals surface area contributed by atoms with Gasteiger partial charge in [0.05, 0.1) is 17.6 Å². The van der Waals surface area contributed by atoms with E-state index in [0.29, 0.717) is 12.6 Å². The number of fused-ring (bicyclic) bond motifs is 1. The maximum absolute atomic E-state index is 4.64. The molecule has 5 nitrogen and oxygen atoms in total. The van der Waals surface area contributed by atoms with E-state index in [4.69, 9.17) is 0 Å². The molecule has 0 aliphatic heterocycles. The second-order valence-electron chi connectivity index (χ2n) is 4.96. The minimum atomic E-state index is 0. The number of imidazole rings is 1. The van der Waals surface area contributed by atoms with Crippen LogP contribution in [0.5, 0.6) is 0 Å². The van der Waals surface area contributed by atoms with Gasteiger partial charge in [0.15, 0.2) is 5.96 Å². The van der Waals surface area contributed by atoms with Crippen LogP contribution in [0.15, 0.2) is 29.3 Å². The monoisotopic (exact) mass is 401 g/mol. The summed E-state index contributed by atoms with van der Waals surface area (Å²) < 4.78 is 2.11. The van der Waals surface area contributed by atoms with Crippen molar-refractivity contribution >= 4 is 41.0 Å². The van der Waals surface area contributed by atoms with Crippen molar-refractivity contribution in [2.24, 2.45) is 12.0 Å². The topological polar surface area (TPSA) is 54.2 Å². The van der Waals surface area contributed by atoms with Crippen LogP contribution in [0.25, 0.3) is 11.0 Å². The van der Waals surface area contributed by atoms with Crippen LogP contribution in [-0.4, -0.2) is 28.6 Å². The number of nitrogens with zero attached hydrogens (tertiary/aromatic N) is 3. The van der Waals surface area contributed by atoms with E-state index < -0.39 is 0 Å². The quantitative estimate of drug-likeness (QED) is 0.471. The molecule has 0 fully saturated rings. The number of aryl methyl sites for hydroxylation is 1. The highest BCUT2D eigenvalue weighted by Gasteiger charge is 2.08. The molecule has 0 amide bonds. The van der Waals surface area contributed by atoms with Gasteiger partial charge in [-0.2, -0.15) is 0 Å². The van der Waals surface area contributed by atoms with Gasteiger partial charge in [-0.05, 0) is 25.5 Å². The Bertz CT molecular complexity index is 605. The molecule has 1 heterocycles. The molecular formula is C15H24IN5. The van der Waals surface area contributed by atoms with Crippen LogP contribution in [0.1, 0.15) is 26.1 Å². The van der Waals surface area contributed by atoms with Gasteiger partial charge < -0.3 is 15.2 Å². The Morgan fingerprint density at radius 2 is 2.10 bits per heavy atom. The summed E-state index contributed by atoms with van der Waals surface area (Å²) in [4.78, 5) is 8.87. The standard InChI is InChI=1S/C15H23N5.HI/c1-5-11(2)18-15(16-3)17-10-14-19-12-8-6-7-9-13(12)20(14)4;/h6-9,11H,5,10H2,1-4H3,(H2,16,17,18);1H. The van der Waals surface area contributed by atoms with Gasteiger partial charge in [0.1, 0.15) is 5.82 Å². The molecule has 0 saturated heterocycles. The maximum Gasteiger partial charge on any atom is 0.191 e. The Morgan fingerprint density at radius 3 is 2.71 bits per heavy atom. The van der Waals surface area contributed by atoms with Crippen LogP contribution in [-0.2, 0) is 13.6 Å². The fourth-order valence-electron chi connectivity index (χ4n) is 2.05. The third-order valence-corrected chi connectivity index (χ3v) is 3.51. The molecule has 21 heavy (non-hydrogen) atoms. The fraction of sp³-hybridized carbons (Fsp3) is 0.467. The SMILES string of the molecule is CCC(C)NC(=NC)NCc1nc2ccccc2n1C.I. The zero-order chi connectivity index (χ0) is 14.5. The van der Waals surface area contributed by atoms with Gasteiger partial charge >= 0.3 is 0 Å². The molecular weight excluding hydrogens is 377 g/mol. The molecule has 0 saturated carbocycles. The van der Waals surface area contributed by atoms with Crippen molar-refractivity contribution in [1.29, 1.82) is 0 Å². The van der Waals surface area contributed by atoms with E-state index in [1.807, 2.05) is 25.2 Å². The van der Waals surface area contributed by atoms with Crippen LogP contribution in [0, 0.1) is 0 Å². The lowest BCUT2D eigenvalue weighted by molar-refractivity contribution is 0.619. The Hall–Kier alpha value is -1.31.